The quantitative estimate of drug-likeness (QED) is 0.527. The van der Waals surface area contributed by atoms with E-state index in [4.69, 9.17) is 5.11 Å². The lowest BCUT2D eigenvalue weighted by Crippen LogP contribution is -1.99. The number of carboxylic acids is 1. The van der Waals surface area contributed by atoms with E-state index >= 15 is 0 Å². The van der Waals surface area contributed by atoms with Crippen molar-refractivity contribution in [2.75, 3.05) is 0 Å². The SMILES string of the molecule is O=C(O)c1cnc(P)[nH]1. The molecule has 0 aliphatic heterocycles. The van der Waals surface area contributed by atoms with Crippen LogP contribution >= 0.6 is 9.24 Å². The molecule has 1 heterocycles. The van der Waals surface area contributed by atoms with Gasteiger partial charge in [0.2, 0.25) is 0 Å². The van der Waals surface area contributed by atoms with E-state index in [1.807, 2.05) is 0 Å². The van der Waals surface area contributed by atoms with Gasteiger partial charge in [-0.3, -0.25) is 0 Å². The average Bonchev–Trinajstić information content (AvgIpc) is 2.14. The first kappa shape index (κ1) is 6.23. The van der Waals surface area contributed by atoms with Gasteiger partial charge in [0.05, 0.1) is 6.20 Å². The van der Waals surface area contributed by atoms with E-state index in [2.05, 4.69) is 19.2 Å². The summed E-state index contributed by atoms with van der Waals surface area (Å²) in [6.07, 6.45) is 1.27. The first-order valence-electron chi connectivity index (χ1n) is 2.24. The van der Waals surface area contributed by atoms with Crippen LogP contribution < -0.4 is 5.57 Å². The number of aromatic amines is 1. The number of hydrogen-bond acceptors (Lipinski definition) is 2. The number of nitrogens with zero attached hydrogens (tertiary/aromatic N) is 1. The van der Waals surface area contributed by atoms with E-state index in [1.54, 1.807) is 0 Å². The second kappa shape index (κ2) is 2.15. The molecule has 0 amide bonds. The van der Waals surface area contributed by atoms with Crippen LogP contribution in [0.4, 0.5) is 0 Å². The van der Waals surface area contributed by atoms with E-state index in [9.17, 15) is 4.79 Å². The fourth-order valence-corrected chi connectivity index (χ4v) is 0.675. The van der Waals surface area contributed by atoms with Crippen molar-refractivity contribution < 1.29 is 9.90 Å². The van der Waals surface area contributed by atoms with Gasteiger partial charge in [-0.2, -0.15) is 0 Å². The van der Waals surface area contributed by atoms with Gasteiger partial charge in [0.25, 0.3) is 0 Å². The summed E-state index contributed by atoms with van der Waals surface area (Å²) >= 11 is 0. The highest BCUT2D eigenvalue weighted by molar-refractivity contribution is 7.26. The van der Waals surface area contributed by atoms with Crippen LogP contribution in [0.3, 0.4) is 0 Å². The minimum Gasteiger partial charge on any atom is -0.477 e. The molecule has 0 aliphatic carbocycles. The third kappa shape index (κ3) is 1.27. The van der Waals surface area contributed by atoms with Crippen LogP contribution in [0.1, 0.15) is 10.5 Å². The Hall–Kier alpha value is -0.890. The van der Waals surface area contributed by atoms with Crippen molar-refractivity contribution in [3.05, 3.63) is 11.9 Å². The van der Waals surface area contributed by atoms with Gasteiger partial charge in [-0.05, 0) is 0 Å². The molecular weight excluding hydrogens is 139 g/mol. The van der Waals surface area contributed by atoms with Crippen LogP contribution in [0, 0.1) is 0 Å². The monoisotopic (exact) mass is 144 g/mol. The van der Waals surface area contributed by atoms with E-state index in [0.29, 0.717) is 5.57 Å². The minimum atomic E-state index is -0.990. The molecule has 9 heavy (non-hydrogen) atoms. The maximum absolute atomic E-state index is 10.1. The molecule has 0 bridgehead atoms. The highest BCUT2D eigenvalue weighted by Gasteiger charge is 2.02. The van der Waals surface area contributed by atoms with Crippen LogP contribution in [-0.2, 0) is 0 Å². The van der Waals surface area contributed by atoms with Crippen LogP contribution in [0.25, 0.3) is 0 Å². The Labute approximate surface area is 53.5 Å². The number of aromatic carboxylic acids is 1. The Morgan fingerprint density at radius 1 is 1.89 bits per heavy atom. The van der Waals surface area contributed by atoms with Crippen molar-refractivity contribution in [1.82, 2.24) is 9.97 Å². The molecule has 48 valence electrons. The summed E-state index contributed by atoms with van der Waals surface area (Å²) in [4.78, 5) is 16.3. The Kier molecular flexibility index (Phi) is 1.49. The average molecular weight is 144 g/mol. The molecular formula is C4H5N2O2P. The van der Waals surface area contributed by atoms with Gasteiger partial charge in [0.15, 0.2) is 0 Å². The zero-order valence-corrected chi connectivity index (χ0v) is 5.61. The maximum atomic E-state index is 10.1. The standard InChI is InChI=1S/C4H5N2O2P/c7-3(8)2-1-5-4(9)6-2/h1H,9H2,(H,5,6)(H,7,8). The van der Waals surface area contributed by atoms with Gasteiger partial charge in [-0.25, -0.2) is 9.78 Å². The number of imidazole rings is 1. The highest BCUT2D eigenvalue weighted by Crippen LogP contribution is 1.89. The fourth-order valence-electron chi connectivity index (χ4n) is 0.445. The molecule has 0 fully saturated rings. The predicted molar refractivity (Wildman–Crippen MR) is 34.9 cm³/mol. The van der Waals surface area contributed by atoms with Crippen LogP contribution in [0.15, 0.2) is 6.20 Å². The van der Waals surface area contributed by atoms with Crippen LogP contribution in [-0.4, -0.2) is 21.0 Å². The largest absolute Gasteiger partial charge is 0.477 e. The molecule has 0 aromatic carbocycles. The molecule has 0 spiro atoms. The first-order valence-corrected chi connectivity index (χ1v) is 2.81. The smallest absolute Gasteiger partial charge is 0.353 e. The summed E-state index contributed by atoms with van der Waals surface area (Å²) in [6, 6.07) is 0. The van der Waals surface area contributed by atoms with Gasteiger partial charge >= 0.3 is 5.97 Å². The number of nitrogens with one attached hydrogen (secondary N) is 1. The molecule has 0 saturated carbocycles. The number of rotatable bonds is 1. The van der Waals surface area contributed by atoms with Crippen LogP contribution in [0.5, 0.6) is 0 Å². The predicted octanol–water partition coefficient (Wildman–Crippen LogP) is -0.392. The molecule has 2 N–H and O–H groups in total. The molecule has 0 aliphatic rings. The zero-order valence-electron chi connectivity index (χ0n) is 4.46. The van der Waals surface area contributed by atoms with Crippen molar-refractivity contribution in [3.63, 3.8) is 0 Å². The summed E-state index contributed by atoms with van der Waals surface area (Å²) in [5.41, 5.74) is 0.646. The Bertz CT molecular complexity index is 232. The lowest BCUT2D eigenvalue weighted by Gasteiger charge is -1.81. The molecule has 1 atom stereocenters. The van der Waals surface area contributed by atoms with Crippen LogP contribution in [0.2, 0.25) is 0 Å². The molecule has 1 aromatic rings. The zero-order chi connectivity index (χ0) is 6.85. The molecule has 1 unspecified atom stereocenters. The Morgan fingerprint density at radius 3 is 2.78 bits per heavy atom. The fraction of sp³-hybridized carbons (Fsp3) is 0. The normalized spacial score (nSPS) is 9.44. The van der Waals surface area contributed by atoms with E-state index in [0.717, 1.165) is 0 Å². The third-order valence-corrected chi connectivity index (χ3v) is 1.12. The van der Waals surface area contributed by atoms with Gasteiger partial charge in [0, 0.05) is 0 Å². The number of H-pyrrole nitrogens is 1. The summed E-state index contributed by atoms with van der Waals surface area (Å²) in [5.74, 6) is -0.990. The topological polar surface area (TPSA) is 66.0 Å². The van der Waals surface area contributed by atoms with Crippen molar-refractivity contribution >= 4 is 20.8 Å². The molecule has 5 heteroatoms. The number of carbonyl (C=O) groups is 1. The van der Waals surface area contributed by atoms with Crippen molar-refractivity contribution in [2.45, 2.75) is 0 Å². The molecule has 1 rings (SSSR count). The third-order valence-electron chi connectivity index (χ3n) is 0.826. The van der Waals surface area contributed by atoms with Gasteiger partial charge in [-0.15, -0.1) is 0 Å². The minimum absolute atomic E-state index is 0.111. The molecule has 1 aromatic heterocycles. The van der Waals surface area contributed by atoms with Gasteiger partial charge in [0.1, 0.15) is 11.3 Å². The summed E-state index contributed by atoms with van der Waals surface area (Å²) in [5, 5.41) is 8.32. The molecule has 4 nitrogen and oxygen atoms in total. The van der Waals surface area contributed by atoms with Gasteiger partial charge in [-0.1, -0.05) is 9.24 Å². The van der Waals surface area contributed by atoms with E-state index < -0.39 is 5.97 Å². The summed E-state index contributed by atoms with van der Waals surface area (Å²) in [6.45, 7) is 0. The second-order valence-corrected chi connectivity index (χ2v) is 2.03. The van der Waals surface area contributed by atoms with E-state index in [1.165, 1.54) is 6.20 Å². The summed E-state index contributed by atoms with van der Waals surface area (Å²) in [7, 11) is 2.27. The lowest BCUT2D eigenvalue weighted by molar-refractivity contribution is 0.0691. The molecule has 0 saturated heterocycles. The number of hydrogen-bond donors (Lipinski definition) is 2. The van der Waals surface area contributed by atoms with Gasteiger partial charge < -0.3 is 10.1 Å². The molecule has 0 radical (unpaired) electrons. The second-order valence-electron chi connectivity index (χ2n) is 1.49. The summed E-state index contributed by atoms with van der Waals surface area (Å²) < 4.78 is 0. The van der Waals surface area contributed by atoms with Crippen molar-refractivity contribution in [2.24, 2.45) is 0 Å². The lowest BCUT2D eigenvalue weighted by atomic mass is 10.5. The number of aromatic nitrogens is 2. The Morgan fingerprint density at radius 2 is 2.56 bits per heavy atom. The van der Waals surface area contributed by atoms with Crippen molar-refractivity contribution in [1.29, 1.82) is 0 Å². The Balaban J connectivity index is 2.98. The van der Waals surface area contributed by atoms with Crippen molar-refractivity contribution in [3.8, 4) is 0 Å². The highest BCUT2D eigenvalue weighted by atomic mass is 31.0. The van der Waals surface area contributed by atoms with E-state index in [-0.39, 0.29) is 5.69 Å². The maximum Gasteiger partial charge on any atom is 0.353 e. The first-order chi connectivity index (χ1) is 4.20. The number of carboxylic acid groups (broad SMARTS) is 1.